The molecule has 0 unspecified atom stereocenters. The van der Waals surface area contributed by atoms with Gasteiger partial charge in [-0.15, -0.1) is 0 Å². The molecule has 18 heavy (non-hydrogen) atoms. The Balaban J connectivity index is 2.43. The Kier molecular flexibility index (Phi) is 7.26. The molecule has 0 fully saturated rings. The van der Waals surface area contributed by atoms with Crippen molar-refractivity contribution in [3.8, 4) is 11.5 Å². The number of benzene rings is 1. The van der Waals surface area contributed by atoms with Gasteiger partial charge in [0.1, 0.15) is 18.1 Å². The van der Waals surface area contributed by atoms with Crippen LogP contribution in [0.2, 0.25) is 0 Å². The lowest BCUT2D eigenvalue weighted by Crippen LogP contribution is -2.16. The average molecular weight is 251 g/mol. The lowest BCUT2D eigenvalue weighted by atomic mass is 10.1. The third-order valence-corrected chi connectivity index (χ3v) is 3.07. The first-order chi connectivity index (χ1) is 8.80. The van der Waals surface area contributed by atoms with Crippen LogP contribution in [-0.2, 0) is 0 Å². The molecule has 0 radical (unpaired) electrons. The molecule has 1 aromatic rings. The van der Waals surface area contributed by atoms with Crippen molar-refractivity contribution in [2.75, 3.05) is 26.8 Å². The summed E-state index contributed by atoms with van der Waals surface area (Å²) in [7, 11) is 1.92. The van der Waals surface area contributed by atoms with Crippen molar-refractivity contribution in [1.29, 1.82) is 0 Å². The largest absolute Gasteiger partial charge is 0.493 e. The smallest absolute Gasteiger partial charge is 0.123 e. The molecule has 0 spiro atoms. The van der Waals surface area contributed by atoms with Gasteiger partial charge in [-0.3, -0.25) is 0 Å². The van der Waals surface area contributed by atoms with Gasteiger partial charge in [0.15, 0.2) is 0 Å². The molecule has 3 heteroatoms. The van der Waals surface area contributed by atoms with Crippen molar-refractivity contribution >= 4 is 0 Å². The summed E-state index contributed by atoms with van der Waals surface area (Å²) in [6.45, 7) is 6.71. The standard InChI is InChI=1S/C15H25NO2/c1-4-13(5-2)12-18-15-8-6-7-14(11-15)17-10-9-16-3/h6-8,11,13,16H,4-5,9-10,12H2,1-3H3. The van der Waals surface area contributed by atoms with E-state index in [1.807, 2.05) is 31.3 Å². The minimum atomic E-state index is 0.638. The van der Waals surface area contributed by atoms with Gasteiger partial charge in [0.05, 0.1) is 6.61 Å². The van der Waals surface area contributed by atoms with E-state index < -0.39 is 0 Å². The highest BCUT2D eigenvalue weighted by Gasteiger charge is 2.05. The van der Waals surface area contributed by atoms with Crippen LogP contribution in [0.5, 0.6) is 11.5 Å². The molecule has 1 aromatic carbocycles. The van der Waals surface area contributed by atoms with Crippen molar-refractivity contribution in [2.45, 2.75) is 26.7 Å². The van der Waals surface area contributed by atoms with Gasteiger partial charge in [-0.25, -0.2) is 0 Å². The Labute approximate surface area is 110 Å². The van der Waals surface area contributed by atoms with Crippen LogP contribution in [0.25, 0.3) is 0 Å². The third-order valence-electron chi connectivity index (χ3n) is 3.07. The SMILES string of the molecule is CCC(CC)COc1cccc(OCCNC)c1. The van der Waals surface area contributed by atoms with Crippen LogP contribution in [0.1, 0.15) is 26.7 Å². The predicted octanol–water partition coefficient (Wildman–Crippen LogP) is 3.10. The van der Waals surface area contributed by atoms with Gasteiger partial charge >= 0.3 is 0 Å². The maximum atomic E-state index is 5.80. The van der Waals surface area contributed by atoms with Gasteiger partial charge < -0.3 is 14.8 Å². The Morgan fingerprint density at radius 3 is 2.39 bits per heavy atom. The normalized spacial score (nSPS) is 10.7. The van der Waals surface area contributed by atoms with Gasteiger partial charge in [0.2, 0.25) is 0 Å². The molecule has 0 heterocycles. The van der Waals surface area contributed by atoms with E-state index >= 15 is 0 Å². The zero-order valence-electron chi connectivity index (χ0n) is 11.7. The molecule has 3 nitrogen and oxygen atoms in total. The molecule has 0 aliphatic heterocycles. The molecule has 0 amide bonds. The molecule has 102 valence electrons. The van der Waals surface area contributed by atoms with Gasteiger partial charge in [0, 0.05) is 12.6 Å². The molecule has 0 saturated heterocycles. The van der Waals surface area contributed by atoms with E-state index in [0.717, 1.165) is 37.5 Å². The molecule has 0 aromatic heterocycles. The molecule has 0 aliphatic carbocycles. The second kappa shape index (κ2) is 8.81. The fraction of sp³-hybridized carbons (Fsp3) is 0.600. The molecule has 0 atom stereocenters. The molecule has 1 rings (SSSR count). The second-order valence-corrected chi connectivity index (χ2v) is 4.42. The van der Waals surface area contributed by atoms with Crippen LogP contribution < -0.4 is 14.8 Å². The number of ether oxygens (including phenoxy) is 2. The van der Waals surface area contributed by atoms with E-state index in [4.69, 9.17) is 9.47 Å². The van der Waals surface area contributed by atoms with Crippen molar-refractivity contribution in [2.24, 2.45) is 5.92 Å². The van der Waals surface area contributed by atoms with E-state index in [9.17, 15) is 0 Å². The van der Waals surface area contributed by atoms with E-state index in [1.54, 1.807) is 0 Å². The van der Waals surface area contributed by atoms with E-state index in [2.05, 4.69) is 19.2 Å². The fourth-order valence-corrected chi connectivity index (χ4v) is 1.66. The second-order valence-electron chi connectivity index (χ2n) is 4.42. The maximum absolute atomic E-state index is 5.80. The van der Waals surface area contributed by atoms with E-state index in [1.165, 1.54) is 0 Å². The van der Waals surface area contributed by atoms with Crippen molar-refractivity contribution < 1.29 is 9.47 Å². The van der Waals surface area contributed by atoms with Gasteiger partial charge in [-0.05, 0) is 25.1 Å². The summed E-state index contributed by atoms with van der Waals surface area (Å²) < 4.78 is 11.4. The summed E-state index contributed by atoms with van der Waals surface area (Å²) in [6.07, 6.45) is 2.32. The predicted molar refractivity (Wildman–Crippen MR) is 75.4 cm³/mol. The summed E-state index contributed by atoms with van der Waals surface area (Å²) >= 11 is 0. The first-order valence-electron chi connectivity index (χ1n) is 6.80. The summed E-state index contributed by atoms with van der Waals surface area (Å²) in [4.78, 5) is 0. The zero-order chi connectivity index (χ0) is 13.2. The summed E-state index contributed by atoms with van der Waals surface area (Å²) in [5.41, 5.74) is 0. The Hall–Kier alpha value is -1.22. The highest BCUT2D eigenvalue weighted by atomic mass is 16.5. The quantitative estimate of drug-likeness (QED) is 0.684. The van der Waals surface area contributed by atoms with Crippen LogP contribution >= 0.6 is 0 Å². The lowest BCUT2D eigenvalue weighted by molar-refractivity contribution is 0.238. The summed E-state index contributed by atoms with van der Waals surface area (Å²) in [6, 6.07) is 7.86. The minimum absolute atomic E-state index is 0.638. The fourth-order valence-electron chi connectivity index (χ4n) is 1.66. The molecule has 0 saturated carbocycles. The minimum Gasteiger partial charge on any atom is -0.493 e. The Morgan fingerprint density at radius 2 is 1.78 bits per heavy atom. The van der Waals surface area contributed by atoms with Crippen molar-refractivity contribution in [3.63, 3.8) is 0 Å². The number of hydrogen-bond donors (Lipinski definition) is 1. The van der Waals surface area contributed by atoms with Crippen LogP contribution in [0, 0.1) is 5.92 Å². The summed E-state index contributed by atoms with van der Waals surface area (Å²) in [5.74, 6) is 2.40. The Morgan fingerprint density at radius 1 is 1.11 bits per heavy atom. The monoisotopic (exact) mass is 251 g/mol. The third kappa shape index (κ3) is 5.41. The zero-order valence-corrected chi connectivity index (χ0v) is 11.7. The van der Waals surface area contributed by atoms with Crippen LogP contribution in [0.4, 0.5) is 0 Å². The van der Waals surface area contributed by atoms with Gasteiger partial charge in [-0.1, -0.05) is 32.8 Å². The Bertz CT molecular complexity index is 324. The first kappa shape index (κ1) is 14.8. The topological polar surface area (TPSA) is 30.5 Å². The van der Waals surface area contributed by atoms with Crippen LogP contribution in [0.3, 0.4) is 0 Å². The lowest BCUT2D eigenvalue weighted by Gasteiger charge is -2.14. The molecular weight excluding hydrogens is 226 g/mol. The molecule has 0 aliphatic rings. The van der Waals surface area contributed by atoms with Crippen molar-refractivity contribution in [1.82, 2.24) is 5.32 Å². The number of rotatable bonds is 9. The molecule has 0 bridgehead atoms. The first-order valence-corrected chi connectivity index (χ1v) is 6.80. The van der Waals surface area contributed by atoms with E-state index in [0.29, 0.717) is 12.5 Å². The van der Waals surface area contributed by atoms with Crippen LogP contribution in [0.15, 0.2) is 24.3 Å². The number of likely N-dealkylation sites (N-methyl/N-ethyl adjacent to an activating group) is 1. The van der Waals surface area contributed by atoms with Crippen LogP contribution in [-0.4, -0.2) is 26.8 Å². The van der Waals surface area contributed by atoms with Crippen molar-refractivity contribution in [3.05, 3.63) is 24.3 Å². The number of nitrogens with one attached hydrogen (secondary N) is 1. The van der Waals surface area contributed by atoms with Gasteiger partial charge in [0.25, 0.3) is 0 Å². The number of hydrogen-bond acceptors (Lipinski definition) is 3. The molecular formula is C15H25NO2. The van der Waals surface area contributed by atoms with E-state index in [-0.39, 0.29) is 0 Å². The molecule has 1 N–H and O–H groups in total. The maximum Gasteiger partial charge on any atom is 0.123 e. The van der Waals surface area contributed by atoms with Gasteiger partial charge in [-0.2, -0.15) is 0 Å². The highest BCUT2D eigenvalue weighted by molar-refractivity contribution is 5.32. The highest BCUT2D eigenvalue weighted by Crippen LogP contribution is 2.20. The summed E-state index contributed by atoms with van der Waals surface area (Å²) in [5, 5.41) is 3.05. The average Bonchev–Trinajstić information content (AvgIpc) is 2.41.